The predicted octanol–water partition coefficient (Wildman–Crippen LogP) is 4.26. The Morgan fingerprint density at radius 2 is 2.00 bits per heavy atom. The zero-order valence-electron chi connectivity index (χ0n) is 9.64. The summed E-state index contributed by atoms with van der Waals surface area (Å²) in [5.41, 5.74) is 5.92. The molecule has 1 aliphatic carbocycles. The molecule has 1 aliphatic rings. The number of nitrogens with two attached hydrogens (primary N) is 1. The van der Waals surface area contributed by atoms with E-state index in [-0.39, 0.29) is 17.6 Å². The fourth-order valence-corrected chi connectivity index (χ4v) is 2.70. The van der Waals surface area contributed by atoms with Crippen LogP contribution in [0.3, 0.4) is 0 Å². The van der Waals surface area contributed by atoms with E-state index in [2.05, 4.69) is 29.8 Å². The zero-order chi connectivity index (χ0) is 12.8. The third-order valence-corrected chi connectivity index (χ3v) is 4.99. The van der Waals surface area contributed by atoms with Crippen molar-refractivity contribution in [3.05, 3.63) is 26.7 Å². The lowest BCUT2D eigenvalue weighted by Crippen LogP contribution is -2.60. The third-order valence-electron chi connectivity index (χ3n) is 3.50. The van der Waals surface area contributed by atoms with Gasteiger partial charge in [-0.1, -0.05) is 37.0 Å². The normalized spacial score (nSPS) is 26.5. The fraction of sp³-hybridized carbons (Fsp3) is 0.500. The van der Waals surface area contributed by atoms with Crippen LogP contribution in [0.2, 0.25) is 10.0 Å². The van der Waals surface area contributed by atoms with E-state index in [0.29, 0.717) is 15.8 Å². The van der Waals surface area contributed by atoms with Crippen molar-refractivity contribution in [3.63, 3.8) is 0 Å². The Bertz CT molecular complexity index is 450. The highest BCUT2D eigenvalue weighted by molar-refractivity contribution is 9.10. The Kier molecular flexibility index (Phi) is 3.66. The van der Waals surface area contributed by atoms with Crippen molar-refractivity contribution in [1.82, 2.24) is 0 Å². The monoisotopic (exact) mass is 337 g/mol. The van der Waals surface area contributed by atoms with Gasteiger partial charge in [0.25, 0.3) is 0 Å². The molecule has 2 atom stereocenters. The second kappa shape index (κ2) is 4.61. The van der Waals surface area contributed by atoms with Gasteiger partial charge in [0.2, 0.25) is 0 Å². The Hall–Kier alpha value is 0.0400. The first-order chi connectivity index (χ1) is 7.82. The summed E-state index contributed by atoms with van der Waals surface area (Å²) in [6.07, 6.45) is 0.934. The molecule has 1 aromatic rings. The summed E-state index contributed by atoms with van der Waals surface area (Å²) < 4.78 is 6.65. The summed E-state index contributed by atoms with van der Waals surface area (Å²) >= 11 is 15.4. The number of benzene rings is 1. The van der Waals surface area contributed by atoms with Gasteiger partial charge in [0.05, 0.1) is 10.0 Å². The molecular weight excluding hydrogens is 325 g/mol. The average molecular weight is 339 g/mol. The van der Waals surface area contributed by atoms with Crippen LogP contribution in [-0.4, -0.2) is 12.1 Å². The smallest absolute Gasteiger partial charge is 0.139 e. The lowest BCUT2D eigenvalue weighted by Gasteiger charge is -2.49. The minimum atomic E-state index is -0.0249. The molecule has 17 heavy (non-hydrogen) atoms. The number of ether oxygens (including phenoxy) is 1. The van der Waals surface area contributed by atoms with Crippen molar-refractivity contribution in [2.45, 2.75) is 32.4 Å². The van der Waals surface area contributed by atoms with Crippen LogP contribution in [0.25, 0.3) is 0 Å². The largest absolute Gasteiger partial charge is 0.488 e. The molecule has 0 aliphatic heterocycles. The van der Waals surface area contributed by atoms with Crippen molar-refractivity contribution in [2.24, 2.45) is 11.1 Å². The number of hydrogen-bond donors (Lipinski definition) is 1. The van der Waals surface area contributed by atoms with Gasteiger partial charge in [0, 0.05) is 28.4 Å². The summed E-state index contributed by atoms with van der Waals surface area (Å²) in [5.74, 6) is 0.616. The van der Waals surface area contributed by atoms with Gasteiger partial charge in [-0.25, -0.2) is 0 Å². The molecule has 5 heteroatoms. The van der Waals surface area contributed by atoms with E-state index >= 15 is 0 Å². The van der Waals surface area contributed by atoms with E-state index in [9.17, 15) is 0 Å². The van der Waals surface area contributed by atoms with Crippen LogP contribution in [0.1, 0.15) is 20.3 Å². The first-order valence-corrected chi connectivity index (χ1v) is 6.94. The lowest BCUT2D eigenvalue weighted by molar-refractivity contribution is -0.0399. The number of halogens is 3. The van der Waals surface area contributed by atoms with Gasteiger partial charge >= 0.3 is 0 Å². The molecule has 0 bridgehead atoms. The van der Waals surface area contributed by atoms with Crippen LogP contribution in [0.5, 0.6) is 5.75 Å². The highest BCUT2D eigenvalue weighted by Gasteiger charge is 2.48. The van der Waals surface area contributed by atoms with E-state index in [1.54, 1.807) is 12.1 Å². The van der Waals surface area contributed by atoms with Crippen LogP contribution >= 0.6 is 39.1 Å². The van der Waals surface area contributed by atoms with Gasteiger partial charge in [0.15, 0.2) is 0 Å². The first kappa shape index (κ1) is 13.5. The topological polar surface area (TPSA) is 35.2 Å². The zero-order valence-corrected chi connectivity index (χ0v) is 12.7. The number of rotatable bonds is 2. The Balaban J connectivity index is 2.18. The minimum Gasteiger partial charge on any atom is -0.488 e. The molecule has 2 N–H and O–H groups in total. The van der Waals surface area contributed by atoms with Gasteiger partial charge in [0.1, 0.15) is 11.9 Å². The molecule has 1 fully saturated rings. The highest BCUT2D eigenvalue weighted by Crippen LogP contribution is 2.44. The summed E-state index contributed by atoms with van der Waals surface area (Å²) in [4.78, 5) is 0. The van der Waals surface area contributed by atoms with Crippen molar-refractivity contribution >= 4 is 39.1 Å². The maximum Gasteiger partial charge on any atom is 0.139 e. The molecule has 1 saturated carbocycles. The first-order valence-electron chi connectivity index (χ1n) is 5.39. The quantitative estimate of drug-likeness (QED) is 0.817. The lowest BCUT2D eigenvalue weighted by atomic mass is 9.65. The molecule has 0 saturated heterocycles. The summed E-state index contributed by atoms with van der Waals surface area (Å²) in [6.45, 7) is 4.19. The van der Waals surface area contributed by atoms with Gasteiger partial charge in [-0.3, -0.25) is 0 Å². The van der Waals surface area contributed by atoms with Gasteiger partial charge in [-0.2, -0.15) is 0 Å². The van der Waals surface area contributed by atoms with E-state index in [4.69, 9.17) is 33.7 Å². The summed E-state index contributed by atoms with van der Waals surface area (Å²) in [6, 6.07) is 3.65. The second-order valence-corrected chi connectivity index (χ2v) is 6.64. The number of hydrogen-bond acceptors (Lipinski definition) is 2. The Morgan fingerprint density at radius 3 is 2.53 bits per heavy atom. The van der Waals surface area contributed by atoms with E-state index in [1.807, 2.05) is 0 Å². The molecule has 1 aromatic carbocycles. The molecule has 2 rings (SSSR count). The second-order valence-electron chi connectivity index (χ2n) is 4.97. The molecule has 0 radical (unpaired) electrons. The van der Waals surface area contributed by atoms with Gasteiger partial charge < -0.3 is 10.5 Å². The van der Waals surface area contributed by atoms with Crippen molar-refractivity contribution in [2.75, 3.05) is 0 Å². The summed E-state index contributed by atoms with van der Waals surface area (Å²) in [7, 11) is 0. The van der Waals surface area contributed by atoms with Gasteiger partial charge in [-0.15, -0.1) is 0 Å². The Labute approximate surface area is 120 Å². The molecule has 2 nitrogen and oxygen atoms in total. The molecule has 94 valence electrons. The molecule has 0 spiro atoms. The molecule has 0 heterocycles. The average Bonchev–Trinajstić information content (AvgIpc) is 2.25. The van der Waals surface area contributed by atoms with Crippen molar-refractivity contribution in [1.29, 1.82) is 0 Å². The van der Waals surface area contributed by atoms with Crippen LogP contribution in [0, 0.1) is 5.41 Å². The minimum absolute atomic E-state index is 0.0249. The highest BCUT2D eigenvalue weighted by atomic mass is 79.9. The maximum atomic E-state index is 6.11. The van der Waals surface area contributed by atoms with Crippen molar-refractivity contribution < 1.29 is 4.74 Å². The van der Waals surface area contributed by atoms with Crippen LogP contribution in [0.15, 0.2) is 16.6 Å². The van der Waals surface area contributed by atoms with Crippen LogP contribution < -0.4 is 10.5 Å². The molecule has 2 unspecified atom stereocenters. The van der Waals surface area contributed by atoms with Gasteiger partial charge in [-0.05, 0) is 22.0 Å². The fourth-order valence-electron chi connectivity index (χ4n) is 1.86. The van der Waals surface area contributed by atoms with Crippen LogP contribution in [0.4, 0.5) is 0 Å². The standard InChI is InChI=1S/C12H14BrCl2NO/c1-12(2)10(16)5-11(12)17-9-4-7(14)6(13)3-8(9)15/h3-4,10-11H,5,16H2,1-2H3. The molecule has 0 amide bonds. The Morgan fingerprint density at radius 1 is 1.35 bits per heavy atom. The van der Waals surface area contributed by atoms with Crippen LogP contribution in [-0.2, 0) is 0 Å². The molecular formula is C12H14BrCl2NO. The maximum absolute atomic E-state index is 6.11. The van der Waals surface area contributed by atoms with E-state index in [0.717, 1.165) is 10.9 Å². The van der Waals surface area contributed by atoms with Crippen molar-refractivity contribution in [3.8, 4) is 5.75 Å². The molecule has 0 aromatic heterocycles. The summed E-state index contributed by atoms with van der Waals surface area (Å²) in [5, 5.41) is 1.14. The van der Waals surface area contributed by atoms with E-state index < -0.39 is 0 Å². The predicted molar refractivity (Wildman–Crippen MR) is 75.0 cm³/mol. The SMILES string of the molecule is CC1(C)C(N)CC1Oc1cc(Cl)c(Br)cc1Cl. The third kappa shape index (κ3) is 2.43. The van der Waals surface area contributed by atoms with E-state index in [1.165, 1.54) is 0 Å².